The summed E-state index contributed by atoms with van der Waals surface area (Å²) in [5, 5.41) is 17.8. The quantitative estimate of drug-likeness (QED) is 0.406. The largest absolute Gasteiger partial charge is 0.366 e. The number of nitrogens with one attached hydrogen (secondary N) is 4. The minimum Gasteiger partial charge on any atom is -0.366 e. The van der Waals surface area contributed by atoms with Gasteiger partial charge in [0, 0.05) is 24.2 Å². The molecule has 0 radical (unpaired) electrons. The van der Waals surface area contributed by atoms with Crippen molar-refractivity contribution < 1.29 is 9.59 Å². The van der Waals surface area contributed by atoms with Gasteiger partial charge < -0.3 is 25.8 Å². The van der Waals surface area contributed by atoms with Crippen molar-refractivity contribution in [1.82, 2.24) is 30.6 Å². The van der Waals surface area contributed by atoms with Gasteiger partial charge in [0.25, 0.3) is 0 Å². The van der Waals surface area contributed by atoms with E-state index in [1.165, 1.54) is 0 Å². The molecule has 1 aliphatic carbocycles. The summed E-state index contributed by atoms with van der Waals surface area (Å²) in [6, 6.07) is 10.2. The summed E-state index contributed by atoms with van der Waals surface area (Å²) in [5.41, 5.74) is 2.55. The number of urea groups is 1. The van der Waals surface area contributed by atoms with Crippen LogP contribution in [-0.4, -0.2) is 64.7 Å². The van der Waals surface area contributed by atoms with Crippen LogP contribution >= 0.6 is 0 Å². The zero-order valence-electron chi connectivity index (χ0n) is 22.7. The summed E-state index contributed by atoms with van der Waals surface area (Å²) in [6.07, 6.45) is 7.22. The van der Waals surface area contributed by atoms with Gasteiger partial charge in [0.15, 0.2) is 5.82 Å². The van der Waals surface area contributed by atoms with E-state index in [4.69, 9.17) is 0 Å². The van der Waals surface area contributed by atoms with E-state index in [9.17, 15) is 9.59 Å². The van der Waals surface area contributed by atoms with Gasteiger partial charge in [-0.3, -0.25) is 9.89 Å². The number of rotatable bonds is 8. The van der Waals surface area contributed by atoms with E-state index in [1.54, 1.807) is 12.2 Å². The Hall–Kier alpha value is -3.33. The SMILES string of the molecule is C/C=C/C(=O)N[C@@H]1CCC[C@@H](Nc2n[nH]c3c2CN(C(=O)N[C@H](CN(C)C)c2ccccc2)C3(C)C)C1. The van der Waals surface area contributed by atoms with E-state index in [2.05, 4.69) is 57.0 Å². The van der Waals surface area contributed by atoms with E-state index in [1.807, 2.05) is 44.1 Å². The summed E-state index contributed by atoms with van der Waals surface area (Å²) < 4.78 is 0. The van der Waals surface area contributed by atoms with Gasteiger partial charge in [0.2, 0.25) is 5.91 Å². The molecular formula is C28H41N7O2. The zero-order chi connectivity index (χ0) is 26.6. The third kappa shape index (κ3) is 6.15. The molecular weight excluding hydrogens is 466 g/mol. The molecule has 2 aliphatic rings. The van der Waals surface area contributed by atoms with Gasteiger partial charge in [-0.2, -0.15) is 5.10 Å². The fourth-order valence-corrected chi connectivity index (χ4v) is 5.52. The predicted octanol–water partition coefficient (Wildman–Crippen LogP) is 3.89. The van der Waals surface area contributed by atoms with Crippen LogP contribution in [0.25, 0.3) is 0 Å². The third-order valence-electron chi connectivity index (χ3n) is 7.44. The number of likely N-dealkylation sites (N-methyl/N-ethyl adjacent to an activating group) is 1. The Balaban J connectivity index is 1.44. The molecule has 9 nitrogen and oxygen atoms in total. The lowest BCUT2D eigenvalue weighted by atomic mass is 9.90. The van der Waals surface area contributed by atoms with Gasteiger partial charge in [0.05, 0.1) is 23.8 Å². The lowest BCUT2D eigenvalue weighted by Crippen LogP contribution is -2.48. The molecule has 4 rings (SSSR count). The number of carbonyl (C=O) groups excluding carboxylic acids is 2. The van der Waals surface area contributed by atoms with Gasteiger partial charge in [0.1, 0.15) is 0 Å². The number of aromatic amines is 1. The van der Waals surface area contributed by atoms with Gasteiger partial charge >= 0.3 is 6.03 Å². The first kappa shape index (κ1) is 26.7. The molecule has 200 valence electrons. The van der Waals surface area contributed by atoms with Gasteiger partial charge in [-0.05, 0) is 72.2 Å². The Bertz CT molecular complexity index is 1110. The number of fused-ring (bicyclic) bond motifs is 1. The molecule has 4 N–H and O–H groups in total. The summed E-state index contributed by atoms with van der Waals surface area (Å²) in [5.74, 6) is 0.761. The fraction of sp³-hybridized carbons (Fsp3) is 0.536. The van der Waals surface area contributed by atoms with Crippen LogP contribution in [0.5, 0.6) is 0 Å². The maximum absolute atomic E-state index is 13.6. The summed E-state index contributed by atoms with van der Waals surface area (Å²) in [7, 11) is 4.02. The molecule has 0 spiro atoms. The van der Waals surface area contributed by atoms with Crippen molar-refractivity contribution in [3.63, 3.8) is 0 Å². The first-order chi connectivity index (χ1) is 17.7. The molecule has 1 saturated carbocycles. The van der Waals surface area contributed by atoms with Gasteiger partial charge in [-0.1, -0.05) is 36.4 Å². The lowest BCUT2D eigenvalue weighted by molar-refractivity contribution is -0.117. The first-order valence-corrected chi connectivity index (χ1v) is 13.2. The third-order valence-corrected chi connectivity index (χ3v) is 7.44. The Kier molecular flexibility index (Phi) is 8.22. The number of H-pyrrole nitrogens is 1. The fourth-order valence-electron chi connectivity index (χ4n) is 5.52. The Labute approximate surface area is 220 Å². The molecule has 1 aromatic heterocycles. The smallest absolute Gasteiger partial charge is 0.319 e. The van der Waals surface area contributed by atoms with Crippen molar-refractivity contribution in [3.05, 3.63) is 59.3 Å². The Morgan fingerprint density at radius 1 is 1.22 bits per heavy atom. The molecule has 37 heavy (non-hydrogen) atoms. The maximum atomic E-state index is 13.6. The maximum Gasteiger partial charge on any atom is 0.319 e. The van der Waals surface area contributed by atoms with Crippen molar-refractivity contribution in [2.45, 2.75) is 76.7 Å². The highest BCUT2D eigenvalue weighted by Crippen LogP contribution is 2.41. The van der Waals surface area contributed by atoms with Crippen LogP contribution in [0, 0.1) is 0 Å². The average Bonchev–Trinajstić information content (AvgIpc) is 3.37. The van der Waals surface area contributed by atoms with E-state index < -0.39 is 5.54 Å². The molecule has 0 unspecified atom stereocenters. The number of benzene rings is 1. The second-order valence-electron chi connectivity index (χ2n) is 11.0. The molecule has 3 atom stereocenters. The zero-order valence-corrected chi connectivity index (χ0v) is 22.7. The molecule has 9 heteroatoms. The van der Waals surface area contributed by atoms with Crippen molar-refractivity contribution in [2.24, 2.45) is 0 Å². The number of anilines is 1. The highest BCUT2D eigenvalue weighted by Gasteiger charge is 2.44. The number of amides is 3. The Morgan fingerprint density at radius 3 is 2.65 bits per heavy atom. The van der Waals surface area contributed by atoms with Crippen LogP contribution in [0.4, 0.5) is 10.6 Å². The summed E-state index contributed by atoms with van der Waals surface area (Å²) >= 11 is 0. The number of nitrogens with zero attached hydrogens (tertiary/aromatic N) is 3. The summed E-state index contributed by atoms with van der Waals surface area (Å²) in [6.45, 7) is 7.13. The van der Waals surface area contributed by atoms with Crippen LogP contribution in [0.2, 0.25) is 0 Å². The molecule has 2 aromatic rings. The number of aromatic nitrogens is 2. The molecule has 0 saturated heterocycles. The van der Waals surface area contributed by atoms with Crippen LogP contribution < -0.4 is 16.0 Å². The van der Waals surface area contributed by atoms with E-state index in [0.29, 0.717) is 13.1 Å². The van der Waals surface area contributed by atoms with Crippen molar-refractivity contribution in [1.29, 1.82) is 0 Å². The van der Waals surface area contributed by atoms with E-state index >= 15 is 0 Å². The molecule has 1 aliphatic heterocycles. The topological polar surface area (TPSA) is 105 Å². The molecule has 0 bridgehead atoms. The van der Waals surface area contributed by atoms with Crippen LogP contribution in [0.1, 0.15) is 69.3 Å². The molecule has 2 heterocycles. The van der Waals surface area contributed by atoms with Crippen LogP contribution in [0.15, 0.2) is 42.5 Å². The second kappa shape index (κ2) is 11.4. The summed E-state index contributed by atoms with van der Waals surface area (Å²) in [4.78, 5) is 29.6. The second-order valence-corrected chi connectivity index (χ2v) is 11.0. The molecule has 1 fully saturated rings. The normalized spacial score (nSPS) is 21.6. The standard InChI is InChI=1S/C28H41N7O2/c1-6-11-24(36)29-20-14-10-15-21(16-20)30-26-22-17-35(28(2,3)25(22)32-33-26)27(37)31-23(18-34(4)5)19-12-8-7-9-13-19/h6-9,11-13,20-21,23H,10,14-18H2,1-5H3,(H,29,36)(H,31,37)(H2,30,32,33)/b11-6+/t20-,21-,23-/m1/s1. The molecule has 3 amide bonds. The molecule has 1 aromatic carbocycles. The lowest BCUT2D eigenvalue weighted by Gasteiger charge is -2.34. The van der Waals surface area contributed by atoms with E-state index in [0.717, 1.165) is 48.3 Å². The van der Waals surface area contributed by atoms with Crippen LogP contribution in [0.3, 0.4) is 0 Å². The van der Waals surface area contributed by atoms with Crippen LogP contribution in [-0.2, 0) is 16.9 Å². The highest BCUT2D eigenvalue weighted by molar-refractivity contribution is 5.87. The minimum absolute atomic E-state index is 0.0414. The van der Waals surface area contributed by atoms with Gasteiger partial charge in [-0.15, -0.1) is 0 Å². The minimum atomic E-state index is -0.527. The van der Waals surface area contributed by atoms with Crippen molar-refractivity contribution in [2.75, 3.05) is 26.0 Å². The predicted molar refractivity (Wildman–Crippen MR) is 146 cm³/mol. The highest BCUT2D eigenvalue weighted by atomic mass is 16.2. The average molecular weight is 508 g/mol. The monoisotopic (exact) mass is 507 g/mol. The Morgan fingerprint density at radius 2 is 1.95 bits per heavy atom. The van der Waals surface area contributed by atoms with Crippen molar-refractivity contribution >= 4 is 17.8 Å². The van der Waals surface area contributed by atoms with Crippen molar-refractivity contribution in [3.8, 4) is 0 Å². The first-order valence-electron chi connectivity index (χ1n) is 13.2. The number of carbonyl (C=O) groups is 2. The van der Waals surface area contributed by atoms with E-state index in [-0.39, 0.29) is 30.1 Å². The number of allylic oxidation sites excluding steroid dienone is 1. The van der Waals surface area contributed by atoms with Gasteiger partial charge in [-0.25, -0.2) is 4.79 Å². The number of hydrogen-bond acceptors (Lipinski definition) is 5. The number of hydrogen-bond donors (Lipinski definition) is 4.